The van der Waals surface area contributed by atoms with Crippen LogP contribution in [0.15, 0.2) is 82.8 Å². The fourth-order valence-corrected chi connectivity index (χ4v) is 2.92. The standard InChI is InChI=1S/C22H19N3.ClH/c1-15-7-11-17(12-8-15)23-21-19-5-3-4-6-20(19)22(25-21)24-18-13-9-16(2)10-14-18;/h3-14H,1-2H3,(H,23,24,25);1H. The van der Waals surface area contributed by atoms with E-state index in [1.165, 1.54) is 11.1 Å². The van der Waals surface area contributed by atoms with Crippen LogP contribution in [0.2, 0.25) is 0 Å². The fourth-order valence-electron chi connectivity index (χ4n) is 2.92. The Kier molecular flexibility index (Phi) is 5.31. The highest BCUT2D eigenvalue weighted by Crippen LogP contribution is 2.20. The van der Waals surface area contributed by atoms with Crippen LogP contribution in [0.3, 0.4) is 0 Å². The molecule has 26 heavy (non-hydrogen) atoms. The van der Waals surface area contributed by atoms with E-state index in [-0.39, 0.29) is 12.4 Å². The van der Waals surface area contributed by atoms with Crippen LogP contribution < -0.4 is 17.7 Å². The van der Waals surface area contributed by atoms with Crippen LogP contribution in [0.4, 0.5) is 11.4 Å². The second kappa shape index (κ2) is 7.65. The van der Waals surface area contributed by atoms with Crippen molar-refractivity contribution in [1.29, 1.82) is 0 Å². The maximum Gasteiger partial charge on any atom is 0.239 e. The molecule has 0 aliphatic carbocycles. The van der Waals surface area contributed by atoms with Crippen molar-refractivity contribution < 1.29 is 17.7 Å². The number of rotatable bonds is 2. The number of aryl methyl sites for hydroxylation is 2. The highest BCUT2D eigenvalue weighted by atomic mass is 35.5. The third-order valence-corrected chi connectivity index (χ3v) is 4.32. The van der Waals surface area contributed by atoms with E-state index < -0.39 is 0 Å². The van der Waals surface area contributed by atoms with E-state index in [9.17, 15) is 0 Å². The Bertz CT molecular complexity index is 891. The van der Waals surface area contributed by atoms with Gasteiger partial charge in [-0.05, 0) is 50.2 Å². The molecule has 3 nitrogen and oxygen atoms in total. The first kappa shape index (κ1) is 18.1. The number of amidine groups is 2. The molecular weight excluding hydrogens is 342 g/mol. The molecule has 0 fully saturated rings. The van der Waals surface area contributed by atoms with E-state index in [1.807, 2.05) is 36.4 Å². The van der Waals surface area contributed by atoms with Crippen LogP contribution >= 0.6 is 0 Å². The average molecular weight is 362 g/mol. The SMILES string of the molecule is Cc1ccc(N=C2[NH2+]C(=Nc3ccc(C)cc3)c3ccccc32)cc1.[Cl-]. The molecule has 0 saturated carbocycles. The number of hydrogen-bond donors (Lipinski definition) is 1. The lowest BCUT2D eigenvalue weighted by atomic mass is 10.1. The smallest absolute Gasteiger partial charge is 0.239 e. The van der Waals surface area contributed by atoms with Crippen LogP contribution in [0.25, 0.3) is 0 Å². The molecule has 2 N–H and O–H groups in total. The van der Waals surface area contributed by atoms with Crippen LogP contribution in [-0.2, 0) is 0 Å². The molecule has 4 heteroatoms. The highest BCUT2D eigenvalue weighted by Gasteiger charge is 2.28. The summed E-state index contributed by atoms with van der Waals surface area (Å²) in [5, 5.41) is 2.07. The normalized spacial score (nSPS) is 15.8. The Balaban J connectivity index is 0.00000196. The first-order valence-corrected chi connectivity index (χ1v) is 8.44. The molecule has 0 amide bonds. The third kappa shape index (κ3) is 3.74. The van der Waals surface area contributed by atoms with Crippen molar-refractivity contribution in [2.24, 2.45) is 9.98 Å². The summed E-state index contributed by atoms with van der Waals surface area (Å²) in [5.74, 6) is 1.93. The van der Waals surface area contributed by atoms with Crippen LogP contribution in [0.5, 0.6) is 0 Å². The molecule has 0 radical (unpaired) electrons. The fraction of sp³-hybridized carbons (Fsp3) is 0.0909. The van der Waals surface area contributed by atoms with E-state index in [2.05, 4.69) is 55.6 Å². The molecule has 3 aromatic carbocycles. The summed E-state index contributed by atoms with van der Waals surface area (Å²) in [6, 6.07) is 24.8. The van der Waals surface area contributed by atoms with Crippen LogP contribution in [-0.4, -0.2) is 11.7 Å². The molecule has 0 aromatic heterocycles. The molecule has 0 bridgehead atoms. The molecule has 4 rings (SSSR count). The largest absolute Gasteiger partial charge is 1.00 e. The number of benzene rings is 3. The maximum absolute atomic E-state index is 4.83. The van der Waals surface area contributed by atoms with Gasteiger partial charge in [-0.15, -0.1) is 0 Å². The summed E-state index contributed by atoms with van der Waals surface area (Å²) < 4.78 is 0. The molecular formula is C22H20ClN3. The molecule has 0 saturated heterocycles. The second-order valence-corrected chi connectivity index (χ2v) is 6.36. The Morgan fingerprint density at radius 1 is 0.577 bits per heavy atom. The lowest BCUT2D eigenvalue weighted by molar-refractivity contribution is -0.400. The van der Waals surface area contributed by atoms with Gasteiger partial charge in [0.25, 0.3) is 0 Å². The first-order valence-electron chi connectivity index (χ1n) is 8.44. The van der Waals surface area contributed by atoms with Gasteiger partial charge in [-0.2, -0.15) is 9.98 Å². The van der Waals surface area contributed by atoms with Crippen molar-refractivity contribution >= 4 is 23.0 Å². The van der Waals surface area contributed by atoms with E-state index in [1.54, 1.807) is 0 Å². The zero-order valence-electron chi connectivity index (χ0n) is 14.8. The molecule has 1 heterocycles. The predicted molar refractivity (Wildman–Crippen MR) is 103 cm³/mol. The number of aliphatic imine (C=N–C) groups is 2. The molecule has 0 atom stereocenters. The Morgan fingerprint density at radius 2 is 0.962 bits per heavy atom. The number of nitrogens with zero attached hydrogens (tertiary/aromatic N) is 2. The van der Waals surface area contributed by atoms with Gasteiger partial charge in [-0.1, -0.05) is 47.5 Å². The molecule has 1 aliphatic rings. The third-order valence-electron chi connectivity index (χ3n) is 4.32. The second-order valence-electron chi connectivity index (χ2n) is 6.36. The minimum Gasteiger partial charge on any atom is -1.00 e. The van der Waals surface area contributed by atoms with Crippen molar-refractivity contribution in [3.63, 3.8) is 0 Å². The zero-order valence-corrected chi connectivity index (χ0v) is 15.5. The van der Waals surface area contributed by atoms with E-state index in [4.69, 9.17) is 9.98 Å². The van der Waals surface area contributed by atoms with Crippen LogP contribution in [0.1, 0.15) is 22.3 Å². The monoisotopic (exact) mass is 361 g/mol. The summed E-state index contributed by atoms with van der Waals surface area (Å²) in [7, 11) is 0. The minimum absolute atomic E-state index is 0. The molecule has 0 unspecified atom stereocenters. The molecule has 1 aliphatic heterocycles. The lowest BCUT2D eigenvalue weighted by Crippen LogP contribution is -3.00. The van der Waals surface area contributed by atoms with Gasteiger partial charge in [-0.3, -0.25) is 0 Å². The van der Waals surface area contributed by atoms with Gasteiger partial charge < -0.3 is 12.4 Å². The van der Waals surface area contributed by atoms with Crippen molar-refractivity contribution in [2.45, 2.75) is 13.8 Å². The van der Waals surface area contributed by atoms with Crippen molar-refractivity contribution in [1.82, 2.24) is 0 Å². The van der Waals surface area contributed by atoms with Crippen molar-refractivity contribution in [2.75, 3.05) is 0 Å². The van der Waals surface area contributed by atoms with Gasteiger partial charge in [-0.25, -0.2) is 5.32 Å². The van der Waals surface area contributed by atoms with E-state index in [0.717, 1.165) is 34.2 Å². The maximum atomic E-state index is 4.83. The summed E-state index contributed by atoms with van der Waals surface area (Å²) in [5.41, 5.74) is 6.66. The lowest BCUT2D eigenvalue weighted by Gasteiger charge is -1.98. The summed E-state index contributed by atoms with van der Waals surface area (Å²) in [6.07, 6.45) is 0. The summed E-state index contributed by atoms with van der Waals surface area (Å²) in [6.45, 7) is 4.17. The van der Waals surface area contributed by atoms with Crippen molar-refractivity contribution in [3.8, 4) is 0 Å². The van der Waals surface area contributed by atoms with Gasteiger partial charge in [0.05, 0.1) is 22.5 Å². The number of nitrogens with two attached hydrogens (primary N) is 1. The zero-order chi connectivity index (χ0) is 17.2. The quantitative estimate of drug-likeness (QED) is 0.709. The molecule has 0 spiro atoms. The van der Waals surface area contributed by atoms with E-state index >= 15 is 0 Å². The Labute approximate surface area is 159 Å². The number of halogens is 1. The van der Waals surface area contributed by atoms with Gasteiger partial charge in [0.1, 0.15) is 0 Å². The van der Waals surface area contributed by atoms with Gasteiger partial charge in [0, 0.05) is 0 Å². The van der Waals surface area contributed by atoms with Gasteiger partial charge in [0.2, 0.25) is 11.7 Å². The van der Waals surface area contributed by atoms with Crippen LogP contribution in [0, 0.1) is 13.8 Å². The summed E-state index contributed by atoms with van der Waals surface area (Å²) >= 11 is 0. The summed E-state index contributed by atoms with van der Waals surface area (Å²) in [4.78, 5) is 9.65. The van der Waals surface area contributed by atoms with E-state index in [0.29, 0.717) is 0 Å². The van der Waals surface area contributed by atoms with Gasteiger partial charge >= 0.3 is 0 Å². The predicted octanol–water partition coefficient (Wildman–Crippen LogP) is 1.04. The van der Waals surface area contributed by atoms with Crippen molar-refractivity contribution in [3.05, 3.63) is 95.1 Å². The minimum atomic E-state index is 0. The average Bonchev–Trinajstić information content (AvgIpc) is 2.97. The highest BCUT2D eigenvalue weighted by molar-refractivity contribution is 6.15. The Hall–Kier alpha value is -2.75. The number of hydrogen-bond acceptors (Lipinski definition) is 2. The Morgan fingerprint density at radius 3 is 1.35 bits per heavy atom. The van der Waals surface area contributed by atoms with Gasteiger partial charge in [0.15, 0.2) is 0 Å². The number of fused-ring (bicyclic) bond motifs is 1. The molecule has 130 valence electrons. The topological polar surface area (TPSA) is 41.3 Å². The number of quaternary nitrogens is 1. The molecule has 3 aromatic rings. The first-order chi connectivity index (χ1) is 12.2.